The van der Waals surface area contributed by atoms with E-state index in [0.717, 1.165) is 17.5 Å². The number of carbonyl (C=O) groups excluding carboxylic acids is 3. The van der Waals surface area contributed by atoms with Crippen LogP contribution in [0.2, 0.25) is 0 Å². The van der Waals surface area contributed by atoms with E-state index in [-0.39, 0.29) is 11.4 Å². The van der Waals surface area contributed by atoms with Gasteiger partial charge in [-0.1, -0.05) is 30.3 Å². The predicted octanol–water partition coefficient (Wildman–Crippen LogP) is 4.69. The highest BCUT2D eigenvalue weighted by atomic mass is 19.1. The Hall–Kier alpha value is -5.05. The van der Waals surface area contributed by atoms with Crippen molar-refractivity contribution in [3.05, 3.63) is 102 Å². The standard InChI is InChI=1S/C28H22FN3O5/c1-2-36-22-14-7-19(8-15-22)28(35)37-25-16-9-18-5-3-4-6-23(18)24(25)17-30-32-27(34)26(33)31-21-12-10-20(29)11-13-21/h3-17H,2H2,1H3,(H,31,33)(H,32,34)/b30-17+. The normalized spacial score (nSPS) is 10.8. The summed E-state index contributed by atoms with van der Waals surface area (Å²) in [4.78, 5) is 37.1. The number of hydrogen-bond acceptors (Lipinski definition) is 6. The lowest BCUT2D eigenvalue weighted by Gasteiger charge is -2.11. The zero-order chi connectivity index (χ0) is 26.2. The van der Waals surface area contributed by atoms with Crippen LogP contribution < -0.4 is 20.2 Å². The number of nitrogens with one attached hydrogen (secondary N) is 2. The van der Waals surface area contributed by atoms with Crippen molar-refractivity contribution >= 4 is 40.5 Å². The van der Waals surface area contributed by atoms with Gasteiger partial charge in [-0.3, -0.25) is 9.59 Å². The summed E-state index contributed by atoms with van der Waals surface area (Å²) in [5, 5.41) is 7.80. The van der Waals surface area contributed by atoms with E-state index >= 15 is 0 Å². The number of esters is 1. The van der Waals surface area contributed by atoms with Gasteiger partial charge in [-0.25, -0.2) is 14.6 Å². The Balaban J connectivity index is 1.51. The summed E-state index contributed by atoms with van der Waals surface area (Å²) in [5.41, 5.74) is 3.15. The number of hydrazone groups is 1. The minimum absolute atomic E-state index is 0.214. The number of carbonyl (C=O) groups is 3. The second-order valence-corrected chi connectivity index (χ2v) is 7.71. The molecule has 0 saturated heterocycles. The van der Waals surface area contributed by atoms with Crippen molar-refractivity contribution in [3.63, 3.8) is 0 Å². The average Bonchev–Trinajstić information content (AvgIpc) is 2.91. The maximum Gasteiger partial charge on any atom is 0.343 e. The number of ether oxygens (including phenoxy) is 2. The molecule has 8 nitrogen and oxygen atoms in total. The Kier molecular flexibility index (Phi) is 7.85. The number of anilines is 1. The van der Waals surface area contributed by atoms with Crippen LogP contribution in [0.4, 0.5) is 10.1 Å². The molecule has 0 saturated carbocycles. The summed E-state index contributed by atoms with van der Waals surface area (Å²) >= 11 is 0. The molecule has 0 aromatic heterocycles. The second-order valence-electron chi connectivity index (χ2n) is 7.71. The molecule has 4 aromatic carbocycles. The molecule has 0 atom stereocenters. The smallest absolute Gasteiger partial charge is 0.343 e. The Morgan fingerprint density at radius 2 is 1.62 bits per heavy atom. The van der Waals surface area contributed by atoms with E-state index in [9.17, 15) is 18.8 Å². The SMILES string of the molecule is CCOc1ccc(C(=O)Oc2ccc3ccccc3c2/C=N/NC(=O)C(=O)Nc2ccc(F)cc2)cc1. The molecule has 0 aliphatic rings. The molecule has 0 bridgehead atoms. The fraction of sp³-hybridized carbons (Fsp3) is 0.0714. The van der Waals surface area contributed by atoms with Crippen LogP contribution in [0.25, 0.3) is 10.8 Å². The van der Waals surface area contributed by atoms with Gasteiger partial charge >= 0.3 is 17.8 Å². The summed E-state index contributed by atoms with van der Waals surface area (Å²) in [5.74, 6) is -2.22. The average molecular weight is 499 g/mol. The van der Waals surface area contributed by atoms with Gasteiger partial charge in [0.25, 0.3) is 0 Å². The third-order valence-electron chi connectivity index (χ3n) is 5.20. The molecule has 9 heteroatoms. The molecule has 2 N–H and O–H groups in total. The molecule has 4 rings (SSSR count). The third-order valence-corrected chi connectivity index (χ3v) is 5.20. The van der Waals surface area contributed by atoms with Crippen LogP contribution in [0.1, 0.15) is 22.8 Å². The fourth-order valence-corrected chi connectivity index (χ4v) is 3.44. The van der Waals surface area contributed by atoms with Gasteiger partial charge in [0.2, 0.25) is 0 Å². The van der Waals surface area contributed by atoms with Gasteiger partial charge in [-0.2, -0.15) is 5.10 Å². The Morgan fingerprint density at radius 3 is 2.35 bits per heavy atom. The largest absolute Gasteiger partial charge is 0.494 e. The van der Waals surface area contributed by atoms with Gasteiger partial charge in [0.05, 0.1) is 18.4 Å². The van der Waals surface area contributed by atoms with Crippen LogP contribution in [0.5, 0.6) is 11.5 Å². The summed E-state index contributed by atoms with van der Waals surface area (Å²) in [7, 11) is 0. The number of fused-ring (bicyclic) bond motifs is 1. The van der Waals surface area contributed by atoms with Crippen molar-refractivity contribution in [2.45, 2.75) is 6.92 Å². The van der Waals surface area contributed by atoms with Crippen LogP contribution in [-0.4, -0.2) is 30.6 Å². The summed E-state index contributed by atoms with van der Waals surface area (Å²) < 4.78 is 24.1. The number of rotatable bonds is 7. The molecule has 186 valence electrons. The Morgan fingerprint density at radius 1 is 0.892 bits per heavy atom. The van der Waals surface area contributed by atoms with Gasteiger partial charge in [-0.05, 0) is 72.3 Å². The van der Waals surface area contributed by atoms with E-state index < -0.39 is 23.6 Å². The molecule has 37 heavy (non-hydrogen) atoms. The first-order chi connectivity index (χ1) is 17.9. The van der Waals surface area contributed by atoms with Gasteiger partial charge in [-0.15, -0.1) is 0 Å². The first kappa shape index (κ1) is 25.1. The van der Waals surface area contributed by atoms with E-state index in [1.165, 1.54) is 18.3 Å². The fourth-order valence-electron chi connectivity index (χ4n) is 3.44. The number of nitrogens with zero attached hydrogens (tertiary/aromatic N) is 1. The zero-order valence-electron chi connectivity index (χ0n) is 19.7. The molecule has 0 radical (unpaired) electrons. The van der Waals surface area contributed by atoms with Crippen molar-refractivity contribution in [1.29, 1.82) is 0 Å². The molecular weight excluding hydrogens is 477 g/mol. The molecule has 0 spiro atoms. The molecule has 0 fully saturated rings. The highest BCUT2D eigenvalue weighted by Crippen LogP contribution is 2.27. The Labute approximate surface area is 211 Å². The van der Waals surface area contributed by atoms with E-state index in [2.05, 4.69) is 15.8 Å². The highest BCUT2D eigenvalue weighted by molar-refractivity contribution is 6.39. The van der Waals surface area contributed by atoms with Crippen molar-refractivity contribution in [1.82, 2.24) is 5.43 Å². The third kappa shape index (κ3) is 6.34. The summed E-state index contributed by atoms with van der Waals surface area (Å²) in [6.45, 7) is 2.37. The lowest BCUT2D eigenvalue weighted by atomic mass is 10.0. The van der Waals surface area contributed by atoms with Crippen LogP contribution in [0, 0.1) is 5.82 Å². The van der Waals surface area contributed by atoms with Gasteiger partial charge in [0, 0.05) is 11.3 Å². The topological polar surface area (TPSA) is 106 Å². The first-order valence-corrected chi connectivity index (χ1v) is 11.3. The molecule has 0 aliphatic carbocycles. The lowest BCUT2D eigenvalue weighted by Crippen LogP contribution is -2.32. The van der Waals surface area contributed by atoms with Crippen LogP contribution in [0.15, 0.2) is 90.0 Å². The summed E-state index contributed by atoms with van der Waals surface area (Å²) in [6.07, 6.45) is 1.30. The number of halogens is 1. The van der Waals surface area contributed by atoms with Crippen LogP contribution >= 0.6 is 0 Å². The van der Waals surface area contributed by atoms with Gasteiger partial charge in [0.1, 0.15) is 17.3 Å². The molecule has 0 unspecified atom stereocenters. The number of benzene rings is 4. The van der Waals surface area contributed by atoms with E-state index in [1.54, 1.807) is 36.4 Å². The number of amides is 2. The maximum atomic E-state index is 13.0. The van der Waals surface area contributed by atoms with Gasteiger partial charge < -0.3 is 14.8 Å². The quantitative estimate of drug-likeness (QED) is 0.126. The first-order valence-electron chi connectivity index (χ1n) is 11.3. The zero-order valence-corrected chi connectivity index (χ0v) is 19.7. The monoisotopic (exact) mass is 499 g/mol. The minimum atomic E-state index is -1.03. The molecule has 0 heterocycles. The molecule has 4 aromatic rings. The molecule has 2 amide bonds. The van der Waals surface area contributed by atoms with E-state index in [1.807, 2.05) is 31.2 Å². The minimum Gasteiger partial charge on any atom is -0.494 e. The van der Waals surface area contributed by atoms with Crippen LogP contribution in [0.3, 0.4) is 0 Å². The molecular formula is C28H22FN3O5. The van der Waals surface area contributed by atoms with Crippen LogP contribution in [-0.2, 0) is 9.59 Å². The molecule has 0 aliphatic heterocycles. The highest BCUT2D eigenvalue weighted by Gasteiger charge is 2.15. The van der Waals surface area contributed by atoms with E-state index in [4.69, 9.17) is 9.47 Å². The van der Waals surface area contributed by atoms with E-state index in [0.29, 0.717) is 28.9 Å². The van der Waals surface area contributed by atoms with Crippen molar-refractivity contribution in [3.8, 4) is 11.5 Å². The van der Waals surface area contributed by atoms with Crippen molar-refractivity contribution in [2.75, 3.05) is 11.9 Å². The Bertz CT molecular complexity index is 1470. The lowest BCUT2D eigenvalue weighted by molar-refractivity contribution is -0.136. The summed E-state index contributed by atoms with van der Waals surface area (Å²) in [6, 6.07) is 22.3. The van der Waals surface area contributed by atoms with Gasteiger partial charge in [0.15, 0.2) is 0 Å². The second kappa shape index (κ2) is 11.6. The maximum absolute atomic E-state index is 13.0. The van der Waals surface area contributed by atoms with Crippen molar-refractivity contribution < 1.29 is 28.2 Å². The number of hydrogen-bond donors (Lipinski definition) is 2. The van der Waals surface area contributed by atoms with Crippen molar-refractivity contribution in [2.24, 2.45) is 5.10 Å². The predicted molar refractivity (Wildman–Crippen MR) is 137 cm³/mol.